The van der Waals surface area contributed by atoms with E-state index in [0.717, 1.165) is 66.1 Å². The van der Waals surface area contributed by atoms with Crippen molar-refractivity contribution in [2.75, 3.05) is 7.11 Å². The number of benzene rings is 12. The van der Waals surface area contributed by atoms with Crippen LogP contribution in [0.3, 0.4) is 0 Å². The summed E-state index contributed by atoms with van der Waals surface area (Å²) in [7, 11) is 1.60. The number of aromatic nitrogens is 16. The Morgan fingerprint density at radius 3 is 0.925 bits per heavy atom. The minimum absolute atomic E-state index is 0.0187. The van der Waals surface area contributed by atoms with E-state index in [1.165, 1.54) is 50.7 Å². The first-order valence-electron chi connectivity index (χ1n) is 42.7. The van der Waals surface area contributed by atoms with Crippen molar-refractivity contribution >= 4 is 67.9 Å². The number of imidazole rings is 4. The summed E-state index contributed by atoms with van der Waals surface area (Å²) in [5.41, 5.74) is 13.6. The summed E-state index contributed by atoms with van der Waals surface area (Å²) >= 11 is 12.3. The van der Waals surface area contributed by atoms with Crippen molar-refractivity contribution in [2.24, 2.45) is 0 Å². The molecular weight excluding hydrogens is 1720 g/mol. The van der Waals surface area contributed by atoms with Gasteiger partial charge in [0.2, 0.25) is 0 Å². The lowest BCUT2D eigenvalue weighted by Gasteiger charge is -2.14. The number of nitrogens with zero attached hydrogens (tertiary/aromatic N) is 16. The van der Waals surface area contributed by atoms with Crippen LogP contribution < -0.4 is 49.7 Å². The van der Waals surface area contributed by atoms with Crippen LogP contribution >= 0.6 is 23.2 Å². The molecule has 0 saturated carbocycles. The van der Waals surface area contributed by atoms with Crippen molar-refractivity contribution in [3.8, 4) is 28.5 Å². The minimum Gasteiger partial charge on any atom is -0.497 e. The molecule has 8 heterocycles. The Kier molecular flexibility index (Phi) is 26.1. The van der Waals surface area contributed by atoms with Gasteiger partial charge in [0.15, 0.2) is 44.7 Å². The quantitative estimate of drug-likeness (QED) is 0.0649. The van der Waals surface area contributed by atoms with E-state index in [1.54, 1.807) is 107 Å². The Labute approximate surface area is 769 Å². The van der Waals surface area contributed by atoms with E-state index in [1.807, 2.05) is 279 Å². The lowest BCUT2D eigenvalue weighted by Crippen LogP contribution is -2.40. The first-order valence-corrected chi connectivity index (χ1v) is 43.5. The molecule has 662 valence electrons. The summed E-state index contributed by atoms with van der Waals surface area (Å²) in [4.78, 5) is 127. The van der Waals surface area contributed by atoms with Crippen LogP contribution in [0.1, 0.15) is 66.8 Å². The molecule has 0 aliphatic heterocycles. The van der Waals surface area contributed by atoms with Crippen LogP contribution in [0.2, 0.25) is 10.0 Å². The van der Waals surface area contributed by atoms with Gasteiger partial charge < -0.3 is 23.0 Å². The highest BCUT2D eigenvalue weighted by molar-refractivity contribution is 6.31. The lowest BCUT2D eigenvalue weighted by molar-refractivity contribution is 0.414. The van der Waals surface area contributed by atoms with E-state index in [4.69, 9.17) is 27.9 Å². The molecule has 133 heavy (non-hydrogen) atoms. The summed E-state index contributed by atoms with van der Waals surface area (Å²) < 4.78 is 36.7. The summed E-state index contributed by atoms with van der Waals surface area (Å²) in [6.45, 7) is 10.4. The smallest absolute Gasteiger partial charge is 0.337 e. The van der Waals surface area contributed by atoms with Crippen molar-refractivity contribution < 1.29 is 9.13 Å². The van der Waals surface area contributed by atoms with E-state index in [9.17, 15) is 42.7 Å². The maximum atomic E-state index is 13.6. The summed E-state index contributed by atoms with van der Waals surface area (Å²) in [6, 6.07) is 96.9. The average Bonchev–Trinajstić information content (AvgIpc) is 1.66. The second kappa shape index (κ2) is 39.2. The number of hydrogen-bond donors (Lipinski definition) is 0. The molecule has 0 atom stereocenters. The van der Waals surface area contributed by atoms with Gasteiger partial charge in [0.1, 0.15) is 11.6 Å². The van der Waals surface area contributed by atoms with Gasteiger partial charge in [-0.3, -0.25) is 37.4 Å². The second-order valence-corrected chi connectivity index (χ2v) is 33.1. The van der Waals surface area contributed by atoms with E-state index >= 15 is 0 Å². The maximum absolute atomic E-state index is 13.6. The van der Waals surface area contributed by atoms with Crippen LogP contribution in [0.4, 0.5) is 4.39 Å². The highest BCUT2D eigenvalue weighted by Crippen LogP contribution is 2.25. The molecule has 20 rings (SSSR count). The van der Waals surface area contributed by atoms with Crippen LogP contribution in [0.5, 0.6) is 5.75 Å². The molecule has 0 radical (unpaired) electrons. The van der Waals surface area contributed by atoms with Gasteiger partial charge in [-0.2, -0.15) is 0 Å². The third kappa shape index (κ3) is 19.2. The molecule has 0 aliphatic rings. The Bertz CT molecular complexity index is 8170. The Morgan fingerprint density at radius 1 is 0.278 bits per heavy atom. The predicted molar refractivity (Wildman–Crippen MR) is 518 cm³/mol. The molecule has 12 aromatic carbocycles. The zero-order valence-electron chi connectivity index (χ0n) is 73.0. The van der Waals surface area contributed by atoms with E-state index in [2.05, 4.69) is 19.9 Å². The van der Waals surface area contributed by atoms with Crippen LogP contribution in [-0.2, 0) is 52.4 Å². The van der Waals surface area contributed by atoms with Crippen LogP contribution in [0.25, 0.3) is 67.4 Å². The van der Waals surface area contributed by atoms with Gasteiger partial charge in [0.05, 0.1) is 81.3 Å². The molecule has 0 amide bonds. The highest BCUT2D eigenvalue weighted by atomic mass is 35.5. The van der Waals surface area contributed by atoms with Crippen molar-refractivity contribution in [2.45, 2.75) is 80.1 Å². The fourth-order valence-electron chi connectivity index (χ4n) is 15.9. The van der Waals surface area contributed by atoms with E-state index in [0.29, 0.717) is 92.3 Å². The third-order valence-corrected chi connectivity index (χ3v) is 23.3. The van der Waals surface area contributed by atoms with E-state index in [-0.39, 0.29) is 54.0 Å². The first kappa shape index (κ1) is 88.6. The fraction of sp³-hybridized carbons (Fsp3) is 0.124. The largest absolute Gasteiger partial charge is 0.497 e. The lowest BCUT2D eigenvalue weighted by atomic mass is 10.1. The van der Waals surface area contributed by atoms with Gasteiger partial charge in [0, 0.05) is 36.2 Å². The SMILES string of the molecule is COc1ccc(Cn2cnc3c2c(=O)n(Cc2ccc(F)cc2)c(=O)n3-c2ccc(Cl)cc2)cc1.Cc1ccc(Cn2c(=O)c3c(ncn3Cc3ccccc3)n(-c3cccc(Cl)c3)c2=O)cc1.Cc1ccc(Cn2cnc3c2c(=O)n(Cc2ccccc2)c(=O)n3-c2ccccc2)cc1.Cc1ccc(Cn2cnc3c2c(=O)n(Cc2ccccc2)c(=O)n3-c2ccccc2C)cc1. The Hall–Kier alpha value is -16.5. The zero-order chi connectivity index (χ0) is 92.5. The Morgan fingerprint density at radius 2 is 0.564 bits per heavy atom. The molecule has 0 N–H and O–H groups in total. The molecule has 0 saturated heterocycles. The van der Waals surface area contributed by atoms with Crippen LogP contribution in [0, 0.1) is 33.5 Å². The average molecular weight is 1810 g/mol. The number of hydrogen-bond acceptors (Lipinski definition) is 13. The van der Waals surface area contributed by atoms with Crippen molar-refractivity contribution in [3.63, 3.8) is 0 Å². The van der Waals surface area contributed by atoms with Crippen molar-refractivity contribution in [1.82, 2.24) is 74.7 Å². The minimum atomic E-state index is -0.552. The molecule has 0 aliphatic carbocycles. The van der Waals surface area contributed by atoms with Gasteiger partial charge in [-0.1, -0.05) is 270 Å². The van der Waals surface area contributed by atoms with Crippen LogP contribution in [-0.4, -0.2) is 81.9 Å². The Balaban J connectivity index is 0.000000124. The highest BCUT2D eigenvalue weighted by Gasteiger charge is 2.26. The summed E-state index contributed by atoms with van der Waals surface area (Å²) in [5.74, 6) is 0.329. The zero-order valence-corrected chi connectivity index (χ0v) is 74.5. The van der Waals surface area contributed by atoms with Crippen molar-refractivity contribution in [3.05, 3.63) is 507 Å². The molecule has 0 bridgehead atoms. The first-order chi connectivity index (χ1) is 64.6. The van der Waals surface area contributed by atoms with Gasteiger partial charge in [0.25, 0.3) is 22.2 Å². The molecule has 0 spiro atoms. The molecule has 25 nitrogen and oxygen atoms in total. The van der Waals surface area contributed by atoms with Gasteiger partial charge >= 0.3 is 22.8 Å². The topological polar surface area (TPSA) is 257 Å². The molecule has 20 aromatic rings. The van der Waals surface area contributed by atoms with E-state index < -0.39 is 34.1 Å². The third-order valence-electron chi connectivity index (χ3n) is 22.9. The van der Waals surface area contributed by atoms with Gasteiger partial charge in [-0.05, 0) is 163 Å². The standard InChI is InChI=1S/C27H24N4O2.C26H20ClFN4O3.C26H21ClN4O2.C26H22N4O2/c1-19-12-14-22(15-13-19)16-29-18-28-25-24(29)26(32)30(17-21-9-4-3-5-10-21)27(33)31(25)23-11-7-6-8-20(23)2;1-35-22-12-4-17(5-13-22)14-30-16-29-24-23(30)25(33)31(15-18-2-8-20(28)9-3-18)26(34)32(24)21-10-6-19(27)7-11-21;1-18-10-12-20(13-11-18)16-30-25(32)23-24(28-17-29(23)15-19-6-3-2-4-7-19)31(26(30)33)22-9-5-8-21(27)14-22;1-19-12-14-21(15-13-19)16-28-18-27-24-23(28)25(31)29(17-20-8-4-2-5-9-20)26(32)30(24)22-10-6-3-7-11-22/h3-15,18H,16-17H2,1-2H3;2-13,16H,14-15H2,1H3;2-14,17H,15-16H2,1H3;2-15,18H,16-17H2,1H3. The molecule has 8 aromatic heterocycles. The second-order valence-electron chi connectivity index (χ2n) is 32.2. The number of fused-ring (bicyclic) bond motifs is 4. The fourth-order valence-corrected chi connectivity index (χ4v) is 16.2. The molecular formula is C105H87Cl2FN16O9. The van der Waals surface area contributed by atoms with Gasteiger partial charge in [-0.15, -0.1) is 0 Å². The van der Waals surface area contributed by atoms with Crippen LogP contribution in [0.15, 0.2) is 379 Å². The number of methoxy groups -OCH3 is 1. The van der Waals surface area contributed by atoms with Gasteiger partial charge in [-0.25, -0.2) is 61.8 Å². The number of aryl methyl sites for hydroxylation is 4. The van der Waals surface area contributed by atoms with Crippen molar-refractivity contribution in [1.29, 1.82) is 0 Å². The number of rotatable bonds is 21. The number of halogens is 3. The molecule has 28 heteroatoms. The summed E-state index contributed by atoms with van der Waals surface area (Å²) in [6.07, 6.45) is 6.44. The molecule has 0 fully saturated rings. The number of para-hydroxylation sites is 2. The molecule has 0 unspecified atom stereocenters. The normalized spacial score (nSPS) is 11.2. The summed E-state index contributed by atoms with van der Waals surface area (Å²) in [5, 5.41) is 1.01. The maximum Gasteiger partial charge on any atom is 0.337 e. The predicted octanol–water partition coefficient (Wildman–Crippen LogP) is 16.5. The monoisotopic (exact) mass is 1800 g/mol. The number of ether oxygens (including phenoxy) is 1.